The molecule has 0 saturated carbocycles. The highest BCUT2D eigenvalue weighted by atomic mass is 32.1. The molecule has 0 spiro atoms. The van der Waals surface area contributed by atoms with E-state index in [9.17, 15) is 9.59 Å². The van der Waals surface area contributed by atoms with Gasteiger partial charge in [0.2, 0.25) is 5.91 Å². The Labute approximate surface area is 229 Å². The van der Waals surface area contributed by atoms with Gasteiger partial charge in [0.1, 0.15) is 12.3 Å². The number of carbonyl (C=O) groups is 2. The minimum absolute atomic E-state index is 0.0156. The molecule has 0 aliphatic heterocycles. The Kier molecular flexibility index (Phi) is 11.3. The van der Waals surface area contributed by atoms with Crippen molar-refractivity contribution in [1.82, 2.24) is 9.80 Å². The molecule has 3 rings (SSSR count). The molecule has 3 aromatic rings. The monoisotopic (exact) mass is 539 g/mol. The number of hydrogen-bond donors (Lipinski definition) is 1. The third kappa shape index (κ3) is 8.14. The number of amides is 3. The number of unbranched alkanes of at least 4 members (excludes halogenated alkanes) is 1. The first-order chi connectivity index (χ1) is 18.5. The summed E-state index contributed by atoms with van der Waals surface area (Å²) in [6.07, 6.45) is 2.34. The summed E-state index contributed by atoms with van der Waals surface area (Å²) in [5.41, 5.74) is 1.60. The summed E-state index contributed by atoms with van der Waals surface area (Å²) in [7, 11) is 4.77. The largest absolute Gasteiger partial charge is 0.495 e. The first-order valence-electron chi connectivity index (χ1n) is 12.7. The van der Waals surface area contributed by atoms with E-state index < -0.39 is 0 Å². The number of hydrogen-bond acceptors (Lipinski definition) is 6. The van der Waals surface area contributed by atoms with Gasteiger partial charge in [-0.2, -0.15) is 0 Å². The van der Waals surface area contributed by atoms with Crippen LogP contribution in [0, 0.1) is 0 Å². The molecule has 204 valence electrons. The van der Waals surface area contributed by atoms with E-state index in [1.807, 2.05) is 52.7 Å². The molecule has 3 amide bonds. The van der Waals surface area contributed by atoms with Crippen LogP contribution in [0.15, 0.2) is 60.0 Å². The van der Waals surface area contributed by atoms with Crippen molar-refractivity contribution in [3.8, 4) is 17.2 Å². The van der Waals surface area contributed by atoms with E-state index in [1.54, 1.807) is 49.7 Å². The second-order valence-corrected chi connectivity index (χ2v) is 9.77. The first kappa shape index (κ1) is 28.8. The predicted molar refractivity (Wildman–Crippen MR) is 151 cm³/mol. The summed E-state index contributed by atoms with van der Waals surface area (Å²) in [4.78, 5) is 31.3. The number of ether oxygens (including phenoxy) is 3. The van der Waals surface area contributed by atoms with Crippen LogP contribution in [0.4, 0.5) is 10.5 Å². The Morgan fingerprint density at radius 2 is 1.63 bits per heavy atom. The van der Waals surface area contributed by atoms with Crippen molar-refractivity contribution in [2.45, 2.75) is 32.7 Å². The molecule has 9 heteroatoms. The molecule has 0 bridgehead atoms. The summed E-state index contributed by atoms with van der Waals surface area (Å²) >= 11 is 1.61. The third-order valence-corrected chi connectivity index (χ3v) is 7.00. The fourth-order valence-corrected chi connectivity index (χ4v) is 4.71. The molecule has 1 aromatic heterocycles. The minimum Gasteiger partial charge on any atom is -0.495 e. The number of para-hydroxylation sites is 2. The molecule has 0 radical (unpaired) electrons. The van der Waals surface area contributed by atoms with Crippen LogP contribution >= 0.6 is 11.3 Å². The second kappa shape index (κ2) is 14.9. The predicted octanol–water partition coefficient (Wildman–Crippen LogP) is 5.68. The van der Waals surface area contributed by atoms with Gasteiger partial charge >= 0.3 is 6.03 Å². The Morgan fingerprint density at radius 3 is 2.32 bits per heavy atom. The lowest BCUT2D eigenvalue weighted by Crippen LogP contribution is -2.45. The number of urea groups is 1. The highest BCUT2D eigenvalue weighted by Gasteiger charge is 2.22. The highest BCUT2D eigenvalue weighted by molar-refractivity contribution is 7.09. The molecule has 0 aliphatic carbocycles. The fraction of sp³-hybridized carbons (Fsp3) is 0.379. The molecule has 38 heavy (non-hydrogen) atoms. The Bertz CT molecular complexity index is 1170. The number of rotatable bonds is 14. The molecular formula is C29H37N3O5S. The van der Waals surface area contributed by atoms with Gasteiger partial charge in [0.25, 0.3) is 0 Å². The molecule has 0 atom stereocenters. The van der Waals surface area contributed by atoms with Gasteiger partial charge in [0, 0.05) is 18.0 Å². The van der Waals surface area contributed by atoms with E-state index in [2.05, 4.69) is 12.2 Å². The van der Waals surface area contributed by atoms with E-state index in [0.717, 1.165) is 23.3 Å². The zero-order valence-electron chi connectivity index (χ0n) is 22.6. The first-order valence-corrected chi connectivity index (χ1v) is 13.6. The average molecular weight is 540 g/mol. The quantitative estimate of drug-likeness (QED) is 0.285. The molecule has 1 N–H and O–H groups in total. The van der Waals surface area contributed by atoms with E-state index >= 15 is 0 Å². The minimum atomic E-state index is -0.327. The standard InChI is InChI=1S/C29H37N3O5S/c1-5-6-16-32(29(34)30-24-11-7-8-12-25(24)35-2)21-28(33)31(20-23-10-9-18-38-23)17-15-22-13-14-26(36-3)27(19-22)37-4/h7-14,18-19H,5-6,15-17,20-21H2,1-4H3,(H,30,34). The molecule has 8 nitrogen and oxygen atoms in total. The molecule has 0 unspecified atom stereocenters. The van der Waals surface area contributed by atoms with Gasteiger partial charge in [-0.25, -0.2) is 4.79 Å². The van der Waals surface area contributed by atoms with Gasteiger partial charge in [-0.05, 0) is 54.1 Å². The van der Waals surface area contributed by atoms with Gasteiger partial charge in [-0.1, -0.05) is 37.6 Å². The number of carbonyl (C=O) groups excluding carboxylic acids is 2. The Morgan fingerprint density at radius 1 is 0.868 bits per heavy atom. The Hall–Kier alpha value is -3.72. The van der Waals surface area contributed by atoms with Crippen molar-refractivity contribution >= 4 is 29.0 Å². The Balaban J connectivity index is 1.75. The van der Waals surface area contributed by atoms with Crippen molar-refractivity contribution in [3.05, 3.63) is 70.4 Å². The number of nitrogens with one attached hydrogen (secondary N) is 1. The normalized spacial score (nSPS) is 10.5. The van der Waals surface area contributed by atoms with Crippen LogP contribution in [0.3, 0.4) is 0 Å². The lowest BCUT2D eigenvalue weighted by Gasteiger charge is -2.28. The lowest BCUT2D eigenvalue weighted by atomic mass is 10.1. The van der Waals surface area contributed by atoms with Gasteiger partial charge in [-0.15, -0.1) is 11.3 Å². The van der Waals surface area contributed by atoms with E-state index in [1.165, 1.54) is 0 Å². The maximum atomic E-state index is 13.6. The molecular weight excluding hydrogens is 502 g/mol. The molecule has 0 aliphatic rings. The van der Waals surface area contributed by atoms with Crippen molar-refractivity contribution < 1.29 is 23.8 Å². The topological polar surface area (TPSA) is 80.3 Å². The van der Waals surface area contributed by atoms with Crippen LogP contribution in [-0.4, -0.2) is 62.7 Å². The summed E-state index contributed by atoms with van der Waals surface area (Å²) in [6.45, 7) is 3.51. The zero-order chi connectivity index (χ0) is 27.3. The van der Waals surface area contributed by atoms with Crippen molar-refractivity contribution in [2.24, 2.45) is 0 Å². The van der Waals surface area contributed by atoms with Crippen LogP contribution in [0.1, 0.15) is 30.2 Å². The van der Waals surface area contributed by atoms with Gasteiger partial charge in [-0.3, -0.25) is 4.79 Å². The van der Waals surface area contributed by atoms with Gasteiger partial charge in [0.05, 0.1) is 33.6 Å². The van der Waals surface area contributed by atoms with Crippen LogP contribution in [-0.2, 0) is 17.8 Å². The van der Waals surface area contributed by atoms with Crippen LogP contribution in [0.2, 0.25) is 0 Å². The zero-order valence-corrected chi connectivity index (χ0v) is 23.4. The fourth-order valence-electron chi connectivity index (χ4n) is 3.99. The number of methoxy groups -OCH3 is 3. The summed E-state index contributed by atoms with van der Waals surface area (Å²) in [6, 6.07) is 16.7. The molecule has 0 fully saturated rings. The smallest absolute Gasteiger partial charge is 0.322 e. The van der Waals surface area contributed by atoms with Gasteiger partial charge in [0.15, 0.2) is 11.5 Å². The van der Waals surface area contributed by atoms with Crippen LogP contribution in [0.25, 0.3) is 0 Å². The number of benzene rings is 2. The number of thiophene rings is 1. The van der Waals surface area contributed by atoms with Gasteiger partial charge < -0.3 is 29.3 Å². The SMILES string of the molecule is CCCCN(CC(=O)N(CCc1ccc(OC)c(OC)c1)Cc1cccs1)C(=O)Nc1ccccc1OC. The van der Waals surface area contributed by atoms with Crippen molar-refractivity contribution in [3.63, 3.8) is 0 Å². The summed E-state index contributed by atoms with van der Waals surface area (Å²) in [5, 5.41) is 4.91. The van der Waals surface area contributed by atoms with Crippen LogP contribution < -0.4 is 19.5 Å². The third-order valence-electron chi connectivity index (χ3n) is 6.14. The van der Waals surface area contributed by atoms with E-state index in [-0.39, 0.29) is 18.5 Å². The average Bonchev–Trinajstić information content (AvgIpc) is 3.46. The summed E-state index contributed by atoms with van der Waals surface area (Å²) in [5.74, 6) is 1.78. The maximum absolute atomic E-state index is 13.6. The molecule has 0 saturated heterocycles. The van der Waals surface area contributed by atoms with E-state index in [4.69, 9.17) is 14.2 Å². The highest BCUT2D eigenvalue weighted by Crippen LogP contribution is 2.28. The van der Waals surface area contributed by atoms with Crippen molar-refractivity contribution in [2.75, 3.05) is 46.3 Å². The maximum Gasteiger partial charge on any atom is 0.322 e. The summed E-state index contributed by atoms with van der Waals surface area (Å²) < 4.78 is 16.1. The molecule has 1 heterocycles. The number of nitrogens with zero attached hydrogens (tertiary/aromatic N) is 2. The van der Waals surface area contributed by atoms with Crippen LogP contribution in [0.5, 0.6) is 17.2 Å². The second-order valence-electron chi connectivity index (χ2n) is 8.74. The van der Waals surface area contributed by atoms with E-state index in [0.29, 0.717) is 49.0 Å². The van der Waals surface area contributed by atoms with Crippen molar-refractivity contribution in [1.29, 1.82) is 0 Å². The molecule has 2 aromatic carbocycles. The lowest BCUT2D eigenvalue weighted by molar-refractivity contribution is -0.132. The number of anilines is 1.